The average Bonchev–Trinajstić information content (AvgIpc) is 3.49. The number of carbonyl (C=O) groups is 2. The third-order valence-electron chi connectivity index (χ3n) is 6.45. The molecular formula is C25H20N5O5-. The monoisotopic (exact) mass is 470 g/mol. The molecule has 0 aliphatic carbocycles. The summed E-state index contributed by atoms with van der Waals surface area (Å²) in [6.07, 6.45) is 1.82. The number of amides is 2. The number of aromatic nitrogens is 1. The van der Waals surface area contributed by atoms with Crippen LogP contribution in [0, 0.1) is 5.21 Å². The molecule has 0 saturated carbocycles. The Bertz CT molecular complexity index is 1490. The molecular weight excluding hydrogens is 450 g/mol. The van der Waals surface area contributed by atoms with Crippen LogP contribution in [0.3, 0.4) is 0 Å². The zero-order valence-electron chi connectivity index (χ0n) is 18.4. The number of furan rings is 1. The molecule has 2 aromatic carbocycles. The van der Waals surface area contributed by atoms with Gasteiger partial charge in [0.2, 0.25) is 5.91 Å². The van der Waals surface area contributed by atoms with Crippen LogP contribution >= 0.6 is 0 Å². The molecule has 4 aromatic rings. The quantitative estimate of drug-likeness (QED) is 0.348. The van der Waals surface area contributed by atoms with E-state index < -0.39 is 6.04 Å². The van der Waals surface area contributed by atoms with Gasteiger partial charge in [0.15, 0.2) is 0 Å². The minimum absolute atomic E-state index is 0.0712. The highest BCUT2D eigenvalue weighted by Gasteiger charge is 2.43. The Balaban J connectivity index is 1.22. The first-order valence-corrected chi connectivity index (χ1v) is 11.1. The van der Waals surface area contributed by atoms with Gasteiger partial charge >= 0.3 is 0 Å². The normalized spacial score (nSPS) is 17.8. The minimum Gasteiger partial charge on any atom is -0.733 e. The predicted molar refractivity (Wildman–Crippen MR) is 127 cm³/mol. The molecule has 6 rings (SSSR count). The number of hydrogen-bond donors (Lipinski definition) is 2. The fraction of sp³-hybridized carbons (Fsp3) is 0.160. The van der Waals surface area contributed by atoms with E-state index in [4.69, 9.17) is 9.62 Å². The van der Waals surface area contributed by atoms with E-state index in [9.17, 15) is 14.8 Å². The maximum atomic E-state index is 13.2. The zero-order chi connectivity index (χ0) is 24.1. The lowest BCUT2D eigenvalue weighted by atomic mass is 9.94. The Morgan fingerprint density at radius 2 is 1.97 bits per heavy atom. The summed E-state index contributed by atoms with van der Waals surface area (Å²) in [5.74, 6) is 0.425. The second-order valence-corrected chi connectivity index (χ2v) is 8.53. The second-order valence-electron chi connectivity index (χ2n) is 8.53. The second kappa shape index (κ2) is 8.12. The standard InChI is InChI=1S/C25H20N5O5/c31-24-14-29(26-12-17-8-9-23(35-17)15-4-3-5-16(10-15)30(33)34)25(32)22-11-19-18-6-1-2-7-20(18)27-21(19)13-28(22)24/h1-10,12,22,27,33H,11,13-14H2/q-1/b26-12+/t22-/m0/s1. The van der Waals surface area contributed by atoms with Crippen LogP contribution in [0.4, 0.5) is 5.69 Å². The van der Waals surface area contributed by atoms with E-state index in [2.05, 4.69) is 10.1 Å². The summed E-state index contributed by atoms with van der Waals surface area (Å²) >= 11 is 0. The number of carbonyl (C=O) groups excluding carboxylic acids is 2. The molecule has 176 valence electrons. The van der Waals surface area contributed by atoms with E-state index in [1.807, 2.05) is 24.3 Å². The number of hydrogen-bond acceptors (Lipinski definition) is 7. The summed E-state index contributed by atoms with van der Waals surface area (Å²) in [7, 11) is 0. The van der Waals surface area contributed by atoms with Crippen LogP contribution in [0.1, 0.15) is 17.0 Å². The number of rotatable bonds is 4. The van der Waals surface area contributed by atoms with Crippen LogP contribution in [0.5, 0.6) is 0 Å². The summed E-state index contributed by atoms with van der Waals surface area (Å²) in [6, 6.07) is 17.0. The molecule has 2 aliphatic heterocycles. The maximum absolute atomic E-state index is 13.2. The van der Waals surface area contributed by atoms with Crippen LogP contribution in [0.15, 0.2) is 70.2 Å². The van der Waals surface area contributed by atoms with Crippen LogP contribution in [0.2, 0.25) is 0 Å². The van der Waals surface area contributed by atoms with Gasteiger partial charge in [-0.2, -0.15) is 5.10 Å². The molecule has 1 fully saturated rings. The van der Waals surface area contributed by atoms with Crippen molar-refractivity contribution in [2.45, 2.75) is 19.0 Å². The van der Waals surface area contributed by atoms with Gasteiger partial charge in [0, 0.05) is 28.6 Å². The highest BCUT2D eigenvalue weighted by atomic mass is 16.8. The van der Waals surface area contributed by atoms with Gasteiger partial charge < -0.3 is 24.7 Å². The number of para-hydroxylation sites is 1. The van der Waals surface area contributed by atoms with Crippen molar-refractivity contribution in [1.82, 2.24) is 14.9 Å². The Morgan fingerprint density at radius 3 is 2.83 bits per heavy atom. The van der Waals surface area contributed by atoms with Crippen LogP contribution in [-0.2, 0) is 22.6 Å². The van der Waals surface area contributed by atoms with Crippen molar-refractivity contribution in [3.8, 4) is 11.3 Å². The molecule has 10 nitrogen and oxygen atoms in total. The van der Waals surface area contributed by atoms with Gasteiger partial charge in [-0.15, -0.1) is 0 Å². The van der Waals surface area contributed by atoms with E-state index in [1.54, 1.807) is 29.2 Å². The van der Waals surface area contributed by atoms with E-state index in [0.29, 0.717) is 30.0 Å². The lowest BCUT2D eigenvalue weighted by Crippen LogP contribution is -2.60. The Kier molecular flexibility index (Phi) is 4.90. The highest BCUT2D eigenvalue weighted by molar-refractivity contribution is 5.97. The number of hydrazone groups is 1. The van der Waals surface area contributed by atoms with Crippen molar-refractivity contribution in [3.05, 3.63) is 82.9 Å². The number of anilines is 1. The molecule has 1 saturated heterocycles. The van der Waals surface area contributed by atoms with Gasteiger partial charge in [0.25, 0.3) is 5.91 Å². The highest BCUT2D eigenvalue weighted by Crippen LogP contribution is 2.32. The molecule has 1 atom stereocenters. The molecule has 10 heteroatoms. The maximum Gasteiger partial charge on any atom is 0.266 e. The molecule has 4 heterocycles. The zero-order valence-corrected chi connectivity index (χ0v) is 18.4. The molecule has 2 N–H and O–H groups in total. The topological polar surface area (TPSA) is 128 Å². The van der Waals surface area contributed by atoms with Gasteiger partial charge in [-0.25, -0.2) is 5.01 Å². The van der Waals surface area contributed by atoms with Crippen molar-refractivity contribution in [2.75, 3.05) is 11.8 Å². The average molecular weight is 470 g/mol. The van der Waals surface area contributed by atoms with Crippen molar-refractivity contribution in [3.63, 3.8) is 0 Å². The van der Waals surface area contributed by atoms with Crippen LogP contribution in [0.25, 0.3) is 22.2 Å². The summed E-state index contributed by atoms with van der Waals surface area (Å²) in [5.41, 5.74) is 3.68. The smallest absolute Gasteiger partial charge is 0.266 e. The van der Waals surface area contributed by atoms with Gasteiger partial charge in [-0.3, -0.25) is 14.8 Å². The Labute approximate surface area is 199 Å². The third kappa shape index (κ3) is 3.65. The summed E-state index contributed by atoms with van der Waals surface area (Å²) < 4.78 is 5.76. The molecule has 0 unspecified atom stereocenters. The number of nitrogens with one attached hydrogen (secondary N) is 1. The fourth-order valence-electron chi connectivity index (χ4n) is 4.74. The molecule has 0 radical (unpaired) electrons. The molecule has 35 heavy (non-hydrogen) atoms. The van der Waals surface area contributed by atoms with Crippen molar-refractivity contribution in [1.29, 1.82) is 0 Å². The first kappa shape index (κ1) is 21.1. The van der Waals surface area contributed by atoms with E-state index in [0.717, 1.165) is 22.2 Å². The SMILES string of the molecule is O=C1[C@@H]2Cc3c([nH]c4ccccc34)CN2C(=O)CN1/N=C/c1ccc(-c2cccc(N([O-])O)c2)o1. The van der Waals surface area contributed by atoms with Crippen LogP contribution < -0.4 is 5.23 Å². The summed E-state index contributed by atoms with van der Waals surface area (Å²) in [4.78, 5) is 31.1. The van der Waals surface area contributed by atoms with Gasteiger partial charge in [0.1, 0.15) is 24.1 Å². The summed E-state index contributed by atoms with van der Waals surface area (Å²) in [5, 5.41) is 26.5. The lowest BCUT2D eigenvalue weighted by Gasteiger charge is -2.40. The van der Waals surface area contributed by atoms with Crippen molar-refractivity contribution >= 4 is 34.6 Å². The van der Waals surface area contributed by atoms with E-state index in [1.165, 1.54) is 23.4 Å². The van der Waals surface area contributed by atoms with Gasteiger partial charge in [0.05, 0.1) is 18.4 Å². The fourth-order valence-corrected chi connectivity index (χ4v) is 4.74. The third-order valence-corrected chi connectivity index (χ3v) is 6.45. The minimum atomic E-state index is -0.608. The van der Waals surface area contributed by atoms with Crippen molar-refractivity contribution in [2.24, 2.45) is 5.10 Å². The van der Waals surface area contributed by atoms with Gasteiger partial charge in [-0.05, 0) is 35.9 Å². The number of nitrogens with zero attached hydrogens (tertiary/aromatic N) is 4. The number of aromatic amines is 1. The first-order chi connectivity index (χ1) is 17.0. The van der Waals surface area contributed by atoms with Gasteiger partial charge in [-0.1, -0.05) is 30.3 Å². The number of fused-ring (bicyclic) bond motifs is 4. The number of piperazine rings is 1. The molecule has 2 aliphatic rings. The first-order valence-electron chi connectivity index (χ1n) is 11.1. The predicted octanol–water partition coefficient (Wildman–Crippen LogP) is 3.25. The number of H-pyrrole nitrogens is 1. The largest absolute Gasteiger partial charge is 0.733 e. The van der Waals surface area contributed by atoms with Crippen LogP contribution in [-0.4, -0.2) is 50.7 Å². The van der Waals surface area contributed by atoms with E-state index in [-0.39, 0.29) is 29.3 Å². The molecule has 0 bridgehead atoms. The Hall–Kier alpha value is -4.41. The summed E-state index contributed by atoms with van der Waals surface area (Å²) in [6.45, 7) is 0.221. The molecule has 0 spiro atoms. The lowest BCUT2D eigenvalue weighted by molar-refractivity contribution is -0.157. The molecule has 2 amide bonds. The number of benzene rings is 2. The Morgan fingerprint density at radius 1 is 1.11 bits per heavy atom. The van der Waals surface area contributed by atoms with Crippen molar-refractivity contribution < 1.29 is 19.2 Å². The van der Waals surface area contributed by atoms with E-state index >= 15 is 0 Å². The molecule has 2 aromatic heterocycles.